The zero-order chi connectivity index (χ0) is 10.6. The van der Waals surface area contributed by atoms with Crippen LogP contribution >= 0.6 is 0 Å². The summed E-state index contributed by atoms with van der Waals surface area (Å²) in [6, 6.07) is -1.06. The number of hydrogen-bond acceptors (Lipinski definition) is 3. The molecule has 0 bridgehead atoms. The minimum absolute atomic E-state index is 0.211. The quantitative estimate of drug-likeness (QED) is 0.625. The summed E-state index contributed by atoms with van der Waals surface area (Å²) in [7, 11) is -0.992. The molecule has 0 aromatic rings. The summed E-state index contributed by atoms with van der Waals surface area (Å²) in [5, 5.41) is 8.57. The van der Waals surface area contributed by atoms with Crippen LogP contribution in [0.5, 0.6) is 0 Å². The molecule has 0 aliphatic rings. The van der Waals surface area contributed by atoms with Gasteiger partial charge in [-0.15, -0.1) is 0 Å². The highest BCUT2D eigenvalue weighted by atomic mass is 32.2. The highest BCUT2D eigenvalue weighted by molar-refractivity contribution is 7.87. The van der Waals surface area contributed by atoms with Crippen molar-refractivity contribution in [2.24, 2.45) is 0 Å². The molecule has 1 atom stereocenters. The smallest absolute Gasteiger partial charge is 0.321 e. The fraction of sp³-hybridized carbons (Fsp3) is 0.833. The highest BCUT2D eigenvalue weighted by Crippen LogP contribution is 1.96. The Labute approximate surface area is 77.7 Å². The molecule has 13 heavy (non-hydrogen) atoms. The summed E-state index contributed by atoms with van der Waals surface area (Å²) in [5.41, 5.74) is 0. The maximum absolute atomic E-state index is 11.2. The van der Waals surface area contributed by atoms with Gasteiger partial charge in [-0.2, -0.15) is 17.4 Å². The fourth-order valence-corrected chi connectivity index (χ4v) is 1.43. The molecule has 0 aliphatic heterocycles. The van der Waals surface area contributed by atoms with Crippen molar-refractivity contribution in [2.75, 3.05) is 14.1 Å². The van der Waals surface area contributed by atoms with E-state index in [1.165, 1.54) is 14.1 Å². The molecule has 78 valence electrons. The zero-order valence-electron chi connectivity index (χ0n) is 7.81. The van der Waals surface area contributed by atoms with E-state index in [0.717, 1.165) is 4.31 Å². The van der Waals surface area contributed by atoms with E-state index >= 15 is 0 Å². The standard InChI is InChI=1S/C6H14N2O4S/c1-4-5(6(9)10)7-13(11,12)8(2)3/h5,7H,4H2,1-3H3,(H,9,10)/t5-/m0/s1. The Balaban J connectivity index is 4.50. The van der Waals surface area contributed by atoms with Crippen LogP contribution in [0.15, 0.2) is 0 Å². The minimum atomic E-state index is -3.65. The van der Waals surface area contributed by atoms with Gasteiger partial charge in [-0.25, -0.2) is 0 Å². The second kappa shape index (κ2) is 4.54. The van der Waals surface area contributed by atoms with Crippen LogP contribution in [0.2, 0.25) is 0 Å². The molecule has 0 aromatic carbocycles. The lowest BCUT2D eigenvalue weighted by Crippen LogP contribution is -2.45. The van der Waals surface area contributed by atoms with Crippen LogP contribution in [0, 0.1) is 0 Å². The van der Waals surface area contributed by atoms with Crippen molar-refractivity contribution in [3.63, 3.8) is 0 Å². The predicted octanol–water partition coefficient (Wildman–Crippen LogP) is -0.754. The first-order valence-corrected chi connectivity index (χ1v) is 5.17. The largest absolute Gasteiger partial charge is 0.480 e. The lowest BCUT2D eigenvalue weighted by molar-refractivity contribution is -0.139. The Bertz CT molecular complexity index is 272. The van der Waals surface area contributed by atoms with E-state index in [-0.39, 0.29) is 6.42 Å². The number of hydrogen-bond donors (Lipinski definition) is 2. The molecule has 0 saturated carbocycles. The number of carboxylic acid groups (broad SMARTS) is 1. The van der Waals surface area contributed by atoms with Crippen molar-refractivity contribution in [1.82, 2.24) is 9.03 Å². The Hall–Kier alpha value is -0.660. The van der Waals surface area contributed by atoms with E-state index in [9.17, 15) is 13.2 Å². The summed E-state index contributed by atoms with van der Waals surface area (Å²) >= 11 is 0. The summed E-state index contributed by atoms with van der Waals surface area (Å²) in [4.78, 5) is 10.5. The van der Waals surface area contributed by atoms with Crippen LogP contribution in [-0.4, -0.2) is 43.9 Å². The van der Waals surface area contributed by atoms with E-state index in [4.69, 9.17) is 5.11 Å². The average molecular weight is 210 g/mol. The number of aliphatic carboxylic acids is 1. The second-order valence-corrected chi connectivity index (χ2v) is 4.62. The second-order valence-electron chi connectivity index (χ2n) is 2.70. The Morgan fingerprint density at radius 3 is 2.23 bits per heavy atom. The Morgan fingerprint density at radius 1 is 1.54 bits per heavy atom. The summed E-state index contributed by atoms with van der Waals surface area (Å²) in [6.45, 7) is 1.59. The number of carboxylic acids is 1. The molecular formula is C6H14N2O4S. The predicted molar refractivity (Wildman–Crippen MR) is 47.5 cm³/mol. The summed E-state index contributed by atoms with van der Waals surface area (Å²) in [5.74, 6) is -1.17. The van der Waals surface area contributed by atoms with E-state index in [1.807, 2.05) is 4.72 Å². The van der Waals surface area contributed by atoms with Gasteiger partial charge in [0.05, 0.1) is 0 Å². The van der Waals surface area contributed by atoms with Crippen molar-refractivity contribution in [3.05, 3.63) is 0 Å². The maximum atomic E-state index is 11.2. The molecule has 0 amide bonds. The van der Waals surface area contributed by atoms with Gasteiger partial charge in [0.2, 0.25) is 0 Å². The number of carbonyl (C=O) groups is 1. The van der Waals surface area contributed by atoms with Crippen LogP contribution in [0.1, 0.15) is 13.3 Å². The van der Waals surface area contributed by atoms with Gasteiger partial charge in [0, 0.05) is 14.1 Å². The summed E-state index contributed by atoms with van der Waals surface area (Å²) in [6.07, 6.45) is 0.211. The van der Waals surface area contributed by atoms with Crippen LogP contribution in [0.25, 0.3) is 0 Å². The molecule has 0 spiro atoms. The SMILES string of the molecule is CC[C@H](NS(=O)(=O)N(C)C)C(=O)O. The van der Waals surface area contributed by atoms with Crippen LogP contribution in [-0.2, 0) is 15.0 Å². The molecule has 0 radical (unpaired) electrons. The maximum Gasteiger partial charge on any atom is 0.321 e. The molecule has 0 aromatic heterocycles. The van der Waals surface area contributed by atoms with Crippen molar-refractivity contribution in [1.29, 1.82) is 0 Å². The van der Waals surface area contributed by atoms with E-state index in [1.54, 1.807) is 6.92 Å². The minimum Gasteiger partial charge on any atom is -0.480 e. The van der Waals surface area contributed by atoms with Gasteiger partial charge in [0.15, 0.2) is 0 Å². The highest BCUT2D eigenvalue weighted by Gasteiger charge is 2.23. The van der Waals surface area contributed by atoms with Gasteiger partial charge in [0.1, 0.15) is 6.04 Å². The summed E-state index contributed by atoms with van der Waals surface area (Å²) < 4.78 is 25.3. The average Bonchev–Trinajstić information content (AvgIpc) is 1.99. The number of nitrogens with zero attached hydrogens (tertiary/aromatic N) is 1. The molecule has 2 N–H and O–H groups in total. The van der Waals surface area contributed by atoms with Gasteiger partial charge in [-0.05, 0) is 6.42 Å². The van der Waals surface area contributed by atoms with Crippen molar-refractivity contribution in [2.45, 2.75) is 19.4 Å². The normalized spacial score (nSPS) is 14.5. The third-order valence-corrected chi connectivity index (χ3v) is 3.02. The van der Waals surface area contributed by atoms with Crippen molar-refractivity contribution < 1.29 is 18.3 Å². The lowest BCUT2D eigenvalue weighted by atomic mass is 10.2. The van der Waals surface area contributed by atoms with E-state index < -0.39 is 22.2 Å². The molecule has 0 heterocycles. The molecule has 0 fully saturated rings. The van der Waals surface area contributed by atoms with Crippen LogP contribution in [0.4, 0.5) is 0 Å². The van der Waals surface area contributed by atoms with Gasteiger partial charge in [-0.3, -0.25) is 4.79 Å². The van der Waals surface area contributed by atoms with Gasteiger partial charge in [0.25, 0.3) is 10.2 Å². The molecule has 7 heteroatoms. The lowest BCUT2D eigenvalue weighted by Gasteiger charge is -2.16. The van der Waals surface area contributed by atoms with Crippen LogP contribution < -0.4 is 4.72 Å². The molecule has 0 saturated heterocycles. The molecule has 6 nitrogen and oxygen atoms in total. The molecular weight excluding hydrogens is 196 g/mol. The van der Waals surface area contributed by atoms with E-state index in [0.29, 0.717) is 0 Å². The Kier molecular flexibility index (Phi) is 4.31. The monoisotopic (exact) mass is 210 g/mol. The Morgan fingerprint density at radius 2 is 2.00 bits per heavy atom. The van der Waals surface area contributed by atoms with Crippen LogP contribution in [0.3, 0.4) is 0 Å². The molecule has 0 aliphatic carbocycles. The first kappa shape index (κ1) is 12.3. The third kappa shape index (κ3) is 3.71. The van der Waals surface area contributed by atoms with Crippen molar-refractivity contribution >= 4 is 16.2 Å². The zero-order valence-corrected chi connectivity index (χ0v) is 8.63. The van der Waals surface area contributed by atoms with Crippen molar-refractivity contribution in [3.8, 4) is 0 Å². The molecule has 0 unspecified atom stereocenters. The first-order valence-electron chi connectivity index (χ1n) is 3.73. The third-order valence-electron chi connectivity index (χ3n) is 1.48. The fourth-order valence-electron chi connectivity index (χ4n) is 0.594. The van der Waals surface area contributed by atoms with E-state index in [2.05, 4.69) is 0 Å². The number of nitrogens with one attached hydrogen (secondary N) is 1. The van der Waals surface area contributed by atoms with Gasteiger partial charge >= 0.3 is 5.97 Å². The topological polar surface area (TPSA) is 86.7 Å². The van der Waals surface area contributed by atoms with Gasteiger partial charge < -0.3 is 5.11 Å². The number of rotatable bonds is 5. The first-order chi connectivity index (χ1) is 5.81. The van der Waals surface area contributed by atoms with Gasteiger partial charge in [-0.1, -0.05) is 6.92 Å². The molecule has 0 rings (SSSR count).